The van der Waals surface area contributed by atoms with Crippen molar-refractivity contribution in [3.63, 3.8) is 0 Å². The fourth-order valence-corrected chi connectivity index (χ4v) is 3.68. The van der Waals surface area contributed by atoms with Crippen molar-refractivity contribution in [1.29, 1.82) is 0 Å². The van der Waals surface area contributed by atoms with Gasteiger partial charge in [0.2, 0.25) is 0 Å². The average molecular weight is 299 g/mol. The van der Waals surface area contributed by atoms with Crippen molar-refractivity contribution in [2.75, 3.05) is 0 Å². The van der Waals surface area contributed by atoms with Crippen LogP contribution in [0.3, 0.4) is 0 Å². The summed E-state index contributed by atoms with van der Waals surface area (Å²) < 4.78 is 2.01. The molecule has 1 unspecified atom stereocenters. The van der Waals surface area contributed by atoms with Crippen LogP contribution in [0.5, 0.6) is 0 Å². The largest absolute Gasteiger partial charge is 0.271 e. The summed E-state index contributed by atoms with van der Waals surface area (Å²) in [6, 6.07) is 0.252. The molecule has 1 aliphatic carbocycles. The van der Waals surface area contributed by atoms with E-state index in [1.807, 2.05) is 11.6 Å². The number of nitrogens with zero attached hydrogens (tertiary/aromatic N) is 2. The average Bonchev–Trinajstić information content (AvgIpc) is 2.72. The topological polar surface area (TPSA) is 55.9 Å². The zero-order chi connectivity index (χ0) is 14.8. The molecule has 0 saturated heterocycles. The van der Waals surface area contributed by atoms with Crippen LogP contribution >= 0.6 is 11.6 Å². The van der Waals surface area contributed by atoms with E-state index in [1.165, 1.54) is 32.1 Å². The van der Waals surface area contributed by atoms with Crippen LogP contribution < -0.4 is 11.3 Å². The van der Waals surface area contributed by atoms with Gasteiger partial charge in [0.05, 0.1) is 16.4 Å². The molecule has 0 bridgehead atoms. The Morgan fingerprint density at radius 2 is 2.05 bits per heavy atom. The molecule has 1 heterocycles. The number of nitrogens with two attached hydrogens (primary N) is 1. The van der Waals surface area contributed by atoms with Crippen molar-refractivity contribution in [1.82, 2.24) is 15.2 Å². The molecular formula is C15H27ClN4. The fraction of sp³-hybridized carbons (Fsp3) is 0.800. The lowest BCUT2D eigenvalue weighted by atomic mass is 9.69. The van der Waals surface area contributed by atoms with Crippen molar-refractivity contribution < 1.29 is 0 Å². The molecule has 1 fully saturated rings. The van der Waals surface area contributed by atoms with Gasteiger partial charge in [0.25, 0.3) is 0 Å². The summed E-state index contributed by atoms with van der Waals surface area (Å²) in [5.74, 6) is 5.86. The van der Waals surface area contributed by atoms with Crippen molar-refractivity contribution in [3.05, 3.63) is 16.4 Å². The van der Waals surface area contributed by atoms with Crippen molar-refractivity contribution >= 4 is 11.6 Å². The molecule has 1 aromatic rings. The third kappa shape index (κ3) is 3.02. The SMILES string of the molecule is CCn1nc(C)c(Cl)c1CC(NN)C1(C)CCCCC1. The maximum absolute atomic E-state index is 6.43. The molecule has 0 aliphatic heterocycles. The Labute approximate surface area is 127 Å². The van der Waals surface area contributed by atoms with E-state index in [2.05, 4.69) is 24.4 Å². The van der Waals surface area contributed by atoms with Crippen molar-refractivity contribution in [3.8, 4) is 0 Å². The second-order valence-electron chi connectivity index (χ2n) is 6.30. The van der Waals surface area contributed by atoms with E-state index in [0.717, 1.165) is 29.4 Å². The number of rotatable bonds is 5. The highest BCUT2D eigenvalue weighted by molar-refractivity contribution is 6.31. The molecule has 0 aromatic carbocycles. The maximum atomic E-state index is 6.43. The van der Waals surface area contributed by atoms with Crippen molar-refractivity contribution in [2.45, 2.75) is 71.9 Å². The van der Waals surface area contributed by atoms with Gasteiger partial charge in [-0.15, -0.1) is 0 Å². The first-order chi connectivity index (χ1) is 9.51. The number of aryl methyl sites for hydroxylation is 2. The Morgan fingerprint density at radius 1 is 1.40 bits per heavy atom. The minimum atomic E-state index is 0.252. The van der Waals surface area contributed by atoms with Crippen molar-refractivity contribution in [2.24, 2.45) is 11.3 Å². The Morgan fingerprint density at radius 3 is 2.60 bits per heavy atom. The zero-order valence-corrected chi connectivity index (χ0v) is 13.6. The first-order valence-electron chi connectivity index (χ1n) is 7.69. The third-order valence-corrected chi connectivity index (χ3v) is 5.38. The van der Waals surface area contributed by atoms with Crippen LogP contribution in [0.15, 0.2) is 0 Å². The number of hydrazine groups is 1. The Hall–Kier alpha value is -0.580. The molecule has 1 aromatic heterocycles. The second-order valence-corrected chi connectivity index (χ2v) is 6.68. The van der Waals surface area contributed by atoms with E-state index in [0.29, 0.717) is 0 Å². The molecule has 20 heavy (non-hydrogen) atoms. The van der Waals surface area contributed by atoms with Gasteiger partial charge in [-0.05, 0) is 32.1 Å². The van der Waals surface area contributed by atoms with Gasteiger partial charge in [-0.25, -0.2) is 0 Å². The smallest absolute Gasteiger partial charge is 0.0847 e. The van der Waals surface area contributed by atoms with E-state index in [9.17, 15) is 0 Å². The summed E-state index contributed by atoms with van der Waals surface area (Å²) in [6.07, 6.45) is 7.26. The predicted molar refractivity (Wildman–Crippen MR) is 83.7 cm³/mol. The van der Waals surface area contributed by atoms with Gasteiger partial charge in [-0.1, -0.05) is 37.8 Å². The molecule has 2 rings (SSSR count). The fourth-order valence-electron chi connectivity index (χ4n) is 3.47. The molecule has 1 atom stereocenters. The summed E-state index contributed by atoms with van der Waals surface area (Å²) in [7, 11) is 0. The van der Waals surface area contributed by atoms with Crippen LogP contribution in [0.25, 0.3) is 0 Å². The summed E-state index contributed by atoms with van der Waals surface area (Å²) in [5.41, 5.74) is 5.33. The second kappa shape index (κ2) is 6.46. The lowest BCUT2D eigenvalue weighted by Gasteiger charge is -2.40. The number of halogens is 1. The number of nitrogens with one attached hydrogen (secondary N) is 1. The molecule has 4 nitrogen and oxygen atoms in total. The minimum absolute atomic E-state index is 0.252. The van der Waals surface area contributed by atoms with Gasteiger partial charge in [0.1, 0.15) is 0 Å². The molecule has 0 amide bonds. The minimum Gasteiger partial charge on any atom is -0.271 e. The van der Waals surface area contributed by atoms with E-state index in [4.69, 9.17) is 17.4 Å². The standard InChI is InChI=1S/C15H27ClN4/c1-4-20-12(14(16)11(2)19-20)10-13(18-17)15(3)8-6-5-7-9-15/h13,18H,4-10,17H2,1-3H3. The van der Waals surface area contributed by atoms with Crippen LogP contribution in [-0.4, -0.2) is 15.8 Å². The first kappa shape index (κ1) is 15.8. The van der Waals surface area contributed by atoms with Gasteiger partial charge >= 0.3 is 0 Å². The van der Waals surface area contributed by atoms with E-state index < -0.39 is 0 Å². The van der Waals surface area contributed by atoms with Crippen LogP contribution in [0, 0.1) is 12.3 Å². The Kier molecular flexibility index (Phi) is 5.10. The number of aromatic nitrogens is 2. The van der Waals surface area contributed by atoms with E-state index in [-0.39, 0.29) is 11.5 Å². The first-order valence-corrected chi connectivity index (χ1v) is 8.07. The molecular weight excluding hydrogens is 272 g/mol. The van der Waals surface area contributed by atoms with E-state index in [1.54, 1.807) is 0 Å². The van der Waals surface area contributed by atoms with Gasteiger partial charge in [0, 0.05) is 19.0 Å². The molecule has 1 saturated carbocycles. The Bertz CT molecular complexity index is 449. The predicted octanol–water partition coefficient (Wildman–Crippen LogP) is 3.21. The summed E-state index contributed by atoms with van der Waals surface area (Å²) in [5, 5.41) is 5.30. The summed E-state index contributed by atoms with van der Waals surface area (Å²) >= 11 is 6.43. The molecule has 0 spiro atoms. The van der Waals surface area contributed by atoms with Crippen LogP contribution in [0.1, 0.15) is 57.3 Å². The highest BCUT2D eigenvalue weighted by Crippen LogP contribution is 2.40. The zero-order valence-electron chi connectivity index (χ0n) is 12.9. The highest BCUT2D eigenvalue weighted by atomic mass is 35.5. The lowest BCUT2D eigenvalue weighted by molar-refractivity contribution is 0.142. The molecule has 0 radical (unpaired) electrons. The Balaban J connectivity index is 2.22. The molecule has 3 N–H and O–H groups in total. The van der Waals surface area contributed by atoms with Crippen LogP contribution in [0.2, 0.25) is 5.02 Å². The molecule has 1 aliphatic rings. The highest BCUT2D eigenvalue weighted by Gasteiger charge is 2.36. The summed E-state index contributed by atoms with van der Waals surface area (Å²) in [6.45, 7) is 7.26. The number of hydrogen-bond acceptors (Lipinski definition) is 3. The van der Waals surface area contributed by atoms with Gasteiger partial charge in [-0.2, -0.15) is 5.10 Å². The third-order valence-electron chi connectivity index (χ3n) is 4.89. The quantitative estimate of drug-likeness (QED) is 0.648. The van der Waals surface area contributed by atoms with E-state index >= 15 is 0 Å². The lowest BCUT2D eigenvalue weighted by Crippen LogP contribution is -2.49. The van der Waals surface area contributed by atoms with Gasteiger partial charge in [-0.3, -0.25) is 16.0 Å². The molecule has 5 heteroatoms. The van der Waals surface area contributed by atoms with Gasteiger partial charge in [0.15, 0.2) is 0 Å². The van der Waals surface area contributed by atoms with Gasteiger partial charge < -0.3 is 0 Å². The molecule has 114 valence electrons. The number of hydrogen-bond donors (Lipinski definition) is 2. The van der Waals surface area contributed by atoms with Crippen LogP contribution in [0.4, 0.5) is 0 Å². The maximum Gasteiger partial charge on any atom is 0.0847 e. The normalized spacial score (nSPS) is 20.1. The van der Waals surface area contributed by atoms with Crippen LogP contribution in [-0.2, 0) is 13.0 Å². The monoisotopic (exact) mass is 298 g/mol. The summed E-state index contributed by atoms with van der Waals surface area (Å²) in [4.78, 5) is 0.